The van der Waals surface area contributed by atoms with Crippen molar-refractivity contribution in [3.05, 3.63) is 47.3 Å². The van der Waals surface area contributed by atoms with E-state index in [0.717, 1.165) is 78.0 Å². The molecule has 1 amide bonds. The number of aryl methyl sites for hydroxylation is 1. The Hall–Kier alpha value is -3.29. The lowest BCUT2D eigenvalue weighted by Gasteiger charge is -2.34. The average Bonchev–Trinajstić information content (AvgIpc) is 3.26. The molecule has 1 aliphatic carbocycles. The lowest BCUT2D eigenvalue weighted by Crippen LogP contribution is -2.42. The van der Waals surface area contributed by atoms with Crippen LogP contribution < -0.4 is 4.90 Å². The number of benzene rings is 1. The fourth-order valence-corrected chi connectivity index (χ4v) is 6.07. The molecule has 3 aromatic rings. The van der Waals surface area contributed by atoms with Gasteiger partial charge in [0.2, 0.25) is 0 Å². The normalized spacial score (nSPS) is 21.8. The third-order valence-electron chi connectivity index (χ3n) is 8.12. The largest absolute Gasteiger partial charge is 0.452 e. The van der Waals surface area contributed by atoms with E-state index in [-0.39, 0.29) is 29.9 Å². The van der Waals surface area contributed by atoms with E-state index in [0.29, 0.717) is 12.3 Å². The van der Waals surface area contributed by atoms with E-state index in [1.54, 1.807) is 11.8 Å². The second-order valence-electron chi connectivity index (χ2n) is 11.0. The van der Waals surface area contributed by atoms with Gasteiger partial charge in [0.1, 0.15) is 11.6 Å². The van der Waals surface area contributed by atoms with Gasteiger partial charge in [-0.25, -0.2) is 9.78 Å². The zero-order valence-corrected chi connectivity index (χ0v) is 22.5. The number of hydrogen-bond donors (Lipinski definition) is 0. The highest BCUT2D eigenvalue weighted by atomic mass is 16.5. The minimum atomic E-state index is -0.343. The molecule has 1 aromatic carbocycles. The summed E-state index contributed by atoms with van der Waals surface area (Å²) in [5.41, 5.74) is 5.82. The molecule has 0 saturated heterocycles. The fourth-order valence-electron chi connectivity index (χ4n) is 6.07. The Kier molecular flexibility index (Phi) is 7.01. The standard InChI is InChI=1S/C29H37N5O3/c1-17(2)24-16-30-15-21(31-24)14-27-32-28-23-10-9-18(3)33(29(36)37-5)25(23)11-12-26(28)34(27)22-8-6-7-20(13-22)19(4)35/h11-12,15-18,20,22H,6-10,13-14H2,1-5H3/t18-,20+,22+/m0/s1. The SMILES string of the molecule is COC(=O)N1c2ccc3c(nc(Cc4cncc(C(C)C)n4)n3[C@@H]3CCC[C@@H](C(C)=O)C3)c2CC[C@@H]1C. The van der Waals surface area contributed by atoms with Gasteiger partial charge in [-0.3, -0.25) is 19.7 Å². The summed E-state index contributed by atoms with van der Waals surface area (Å²) < 4.78 is 7.47. The van der Waals surface area contributed by atoms with Gasteiger partial charge in [-0.2, -0.15) is 0 Å². The number of nitrogens with zero attached hydrogens (tertiary/aromatic N) is 5. The van der Waals surface area contributed by atoms with Crippen LogP contribution in [0.3, 0.4) is 0 Å². The predicted octanol–water partition coefficient (Wildman–Crippen LogP) is 5.77. The Morgan fingerprint density at radius 2 is 1.95 bits per heavy atom. The molecule has 0 N–H and O–H groups in total. The molecule has 8 nitrogen and oxygen atoms in total. The highest BCUT2D eigenvalue weighted by Crippen LogP contribution is 2.41. The van der Waals surface area contributed by atoms with Crippen molar-refractivity contribution in [1.29, 1.82) is 0 Å². The summed E-state index contributed by atoms with van der Waals surface area (Å²) in [7, 11) is 1.43. The Balaban J connectivity index is 1.65. The van der Waals surface area contributed by atoms with Crippen LogP contribution in [0.25, 0.3) is 11.0 Å². The molecular formula is C29H37N5O3. The number of ketones is 1. The zero-order valence-electron chi connectivity index (χ0n) is 22.5. The summed E-state index contributed by atoms with van der Waals surface area (Å²) in [6.45, 7) is 8.00. The van der Waals surface area contributed by atoms with Crippen LogP contribution >= 0.6 is 0 Å². The summed E-state index contributed by atoms with van der Waals surface area (Å²) in [4.78, 5) is 41.3. The maximum atomic E-state index is 12.7. The smallest absolute Gasteiger partial charge is 0.414 e. The molecule has 3 heterocycles. The van der Waals surface area contributed by atoms with Crippen molar-refractivity contribution in [2.75, 3.05) is 12.0 Å². The quantitative estimate of drug-likeness (QED) is 0.439. The van der Waals surface area contributed by atoms with Gasteiger partial charge >= 0.3 is 6.09 Å². The maximum absolute atomic E-state index is 12.7. The summed E-state index contributed by atoms with van der Waals surface area (Å²) in [5.74, 6) is 1.59. The van der Waals surface area contributed by atoms with Crippen molar-refractivity contribution in [3.8, 4) is 0 Å². The molecule has 0 bridgehead atoms. The van der Waals surface area contributed by atoms with Crippen LogP contribution in [0.5, 0.6) is 0 Å². The van der Waals surface area contributed by atoms with Gasteiger partial charge in [-0.05, 0) is 64.0 Å². The highest BCUT2D eigenvalue weighted by Gasteiger charge is 2.33. The van der Waals surface area contributed by atoms with Crippen LogP contribution in [0.4, 0.5) is 10.5 Å². The summed E-state index contributed by atoms with van der Waals surface area (Å²) in [5, 5.41) is 0. The highest BCUT2D eigenvalue weighted by molar-refractivity contribution is 5.95. The van der Waals surface area contributed by atoms with Crippen LogP contribution in [0, 0.1) is 5.92 Å². The Labute approximate surface area is 218 Å². The molecule has 3 atom stereocenters. The van der Waals surface area contributed by atoms with Crippen LogP contribution in [0.1, 0.15) is 94.5 Å². The number of carbonyl (C=O) groups excluding carboxylic acids is 2. The van der Waals surface area contributed by atoms with E-state index < -0.39 is 0 Å². The van der Waals surface area contributed by atoms with E-state index in [4.69, 9.17) is 14.7 Å². The number of hydrogen-bond acceptors (Lipinski definition) is 6. The van der Waals surface area contributed by atoms with Gasteiger partial charge in [0.05, 0.1) is 35.2 Å². The number of methoxy groups -OCH3 is 1. The van der Waals surface area contributed by atoms with Crippen molar-refractivity contribution < 1.29 is 14.3 Å². The third-order valence-corrected chi connectivity index (χ3v) is 8.12. The average molecular weight is 504 g/mol. The van der Waals surface area contributed by atoms with Gasteiger partial charge in [0.25, 0.3) is 0 Å². The van der Waals surface area contributed by atoms with Gasteiger partial charge in [-0.1, -0.05) is 20.3 Å². The van der Waals surface area contributed by atoms with Crippen molar-refractivity contribution in [2.45, 2.75) is 90.6 Å². The summed E-state index contributed by atoms with van der Waals surface area (Å²) in [6, 6.07) is 4.38. The first-order chi connectivity index (χ1) is 17.8. The van der Waals surface area contributed by atoms with E-state index in [1.165, 1.54) is 7.11 Å². The van der Waals surface area contributed by atoms with E-state index in [9.17, 15) is 9.59 Å². The Morgan fingerprint density at radius 3 is 2.68 bits per heavy atom. The number of imidazole rings is 1. The van der Waals surface area contributed by atoms with E-state index >= 15 is 0 Å². The zero-order chi connectivity index (χ0) is 26.3. The summed E-state index contributed by atoms with van der Waals surface area (Å²) in [6.07, 6.45) is 9.39. The molecule has 2 aliphatic rings. The van der Waals surface area contributed by atoms with Crippen molar-refractivity contribution in [1.82, 2.24) is 19.5 Å². The number of amides is 1. The van der Waals surface area contributed by atoms with E-state index in [2.05, 4.69) is 36.4 Å². The first-order valence-corrected chi connectivity index (χ1v) is 13.5. The Bertz CT molecular complexity index is 1330. The van der Waals surface area contributed by atoms with Crippen molar-refractivity contribution in [3.63, 3.8) is 0 Å². The number of carbonyl (C=O) groups is 2. The maximum Gasteiger partial charge on any atom is 0.414 e. The number of ether oxygens (including phenoxy) is 1. The molecule has 2 aromatic heterocycles. The first kappa shape index (κ1) is 25.4. The second-order valence-corrected chi connectivity index (χ2v) is 11.0. The monoisotopic (exact) mass is 503 g/mol. The molecule has 8 heteroatoms. The minimum Gasteiger partial charge on any atom is -0.452 e. The van der Waals surface area contributed by atoms with Crippen LogP contribution in [0.15, 0.2) is 24.5 Å². The Morgan fingerprint density at radius 1 is 1.14 bits per heavy atom. The lowest BCUT2D eigenvalue weighted by atomic mass is 9.83. The topological polar surface area (TPSA) is 90.2 Å². The predicted molar refractivity (Wildman–Crippen MR) is 143 cm³/mol. The molecule has 37 heavy (non-hydrogen) atoms. The van der Waals surface area contributed by atoms with Gasteiger partial charge < -0.3 is 9.30 Å². The first-order valence-electron chi connectivity index (χ1n) is 13.5. The molecule has 0 unspecified atom stereocenters. The third kappa shape index (κ3) is 4.74. The molecular weight excluding hydrogens is 466 g/mol. The fraction of sp³-hybridized carbons (Fsp3) is 0.552. The molecule has 1 saturated carbocycles. The molecule has 0 spiro atoms. The van der Waals surface area contributed by atoms with Crippen molar-refractivity contribution >= 4 is 28.6 Å². The van der Waals surface area contributed by atoms with E-state index in [1.807, 2.05) is 18.5 Å². The molecule has 5 rings (SSSR count). The van der Waals surface area contributed by atoms with Crippen LogP contribution in [0.2, 0.25) is 0 Å². The van der Waals surface area contributed by atoms with Crippen LogP contribution in [-0.2, 0) is 22.4 Å². The van der Waals surface area contributed by atoms with Gasteiger partial charge in [0, 0.05) is 42.4 Å². The molecule has 1 aliphatic heterocycles. The molecule has 1 fully saturated rings. The van der Waals surface area contributed by atoms with Gasteiger partial charge in [0.15, 0.2) is 0 Å². The number of Topliss-reactive ketones (excluding diaryl/α,β-unsaturated/α-hetero) is 1. The van der Waals surface area contributed by atoms with Gasteiger partial charge in [-0.15, -0.1) is 0 Å². The number of fused-ring (bicyclic) bond motifs is 3. The minimum absolute atomic E-state index is 0.0580. The molecule has 196 valence electrons. The molecule has 0 radical (unpaired) electrons. The van der Waals surface area contributed by atoms with Crippen molar-refractivity contribution in [2.24, 2.45) is 5.92 Å². The van der Waals surface area contributed by atoms with Crippen LogP contribution in [-0.4, -0.2) is 44.5 Å². The summed E-state index contributed by atoms with van der Waals surface area (Å²) >= 11 is 0. The lowest BCUT2D eigenvalue weighted by molar-refractivity contribution is -0.122. The second kappa shape index (κ2) is 10.2. The number of anilines is 1. The number of aromatic nitrogens is 4. The number of rotatable bonds is 5.